The number of rotatable bonds is 7. The maximum atomic E-state index is 12.7. The first kappa shape index (κ1) is 22.7. The summed E-state index contributed by atoms with van der Waals surface area (Å²) in [5, 5.41) is 22.0. The summed E-state index contributed by atoms with van der Waals surface area (Å²) < 4.78 is 0. The molecule has 1 amide bonds. The zero-order valence-electron chi connectivity index (χ0n) is 19.0. The lowest BCUT2D eigenvalue weighted by Gasteiger charge is -2.34. The summed E-state index contributed by atoms with van der Waals surface area (Å²) in [6.07, 6.45) is 6.33. The number of aromatic nitrogens is 2. The molecule has 2 aliphatic rings. The molecule has 0 atom stereocenters. The predicted molar refractivity (Wildman–Crippen MR) is 132 cm³/mol. The van der Waals surface area contributed by atoms with E-state index in [9.17, 15) is 9.59 Å². The number of hydrogen-bond donors (Lipinski definition) is 2. The molecule has 5 rings (SSSR count). The molecule has 2 fully saturated rings. The Kier molecular flexibility index (Phi) is 6.72. The van der Waals surface area contributed by atoms with Crippen molar-refractivity contribution in [2.45, 2.75) is 62.7 Å². The van der Waals surface area contributed by atoms with Crippen LogP contribution < -0.4 is 5.32 Å². The monoisotopic (exact) mass is 475 g/mol. The van der Waals surface area contributed by atoms with Gasteiger partial charge in [0, 0.05) is 17.9 Å². The second-order valence-electron chi connectivity index (χ2n) is 9.61. The lowest BCUT2D eigenvalue weighted by molar-refractivity contribution is -0.138. The summed E-state index contributed by atoms with van der Waals surface area (Å²) >= 11 is 1.47. The highest BCUT2D eigenvalue weighted by molar-refractivity contribution is 7.15. The standard InChI is InChI=1S/C27H29N3O3S/c31-24(32)14-17-6-8-19(9-7-17)20-10-12-21(13-11-20)25(33)28-27-30-29-26(34-27)23-15-22(16-23)18-4-2-1-3-5-18/h1-5,10-13,17,19,22-23H,6-9,14-16H2,(H,31,32)(H,28,30,33)/t17?,19?,22-,23-. The molecule has 2 aliphatic carbocycles. The summed E-state index contributed by atoms with van der Waals surface area (Å²) in [7, 11) is 0. The van der Waals surface area contributed by atoms with Crippen molar-refractivity contribution in [1.82, 2.24) is 10.2 Å². The van der Waals surface area contributed by atoms with Gasteiger partial charge in [-0.1, -0.05) is 53.8 Å². The van der Waals surface area contributed by atoms with Crippen LogP contribution in [0, 0.1) is 5.92 Å². The molecule has 0 unspecified atom stereocenters. The van der Waals surface area contributed by atoms with Crippen LogP contribution in [0.25, 0.3) is 0 Å². The summed E-state index contributed by atoms with van der Waals surface area (Å²) in [6, 6.07) is 18.4. The molecule has 176 valence electrons. The normalized spacial score (nSPS) is 24.2. The van der Waals surface area contributed by atoms with Crippen LogP contribution >= 0.6 is 11.3 Å². The summed E-state index contributed by atoms with van der Waals surface area (Å²) in [5.41, 5.74) is 3.21. The lowest BCUT2D eigenvalue weighted by Crippen LogP contribution is -2.19. The van der Waals surface area contributed by atoms with Crippen LogP contribution in [0.5, 0.6) is 0 Å². The Balaban J connectivity index is 1.12. The van der Waals surface area contributed by atoms with E-state index in [4.69, 9.17) is 5.11 Å². The first-order valence-electron chi connectivity index (χ1n) is 12.1. The van der Waals surface area contributed by atoms with E-state index in [0.717, 1.165) is 43.5 Å². The smallest absolute Gasteiger partial charge is 0.303 e. The van der Waals surface area contributed by atoms with Gasteiger partial charge < -0.3 is 5.11 Å². The molecule has 2 saturated carbocycles. The minimum Gasteiger partial charge on any atom is -0.481 e. The minimum atomic E-state index is -0.703. The third-order valence-corrected chi connectivity index (χ3v) is 8.37. The Morgan fingerprint density at radius 2 is 1.53 bits per heavy atom. The van der Waals surface area contributed by atoms with Gasteiger partial charge in [0.25, 0.3) is 5.91 Å². The number of amides is 1. The molecule has 0 saturated heterocycles. The number of carbonyl (C=O) groups excluding carboxylic acids is 1. The molecule has 1 heterocycles. The van der Waals surface area contributed by atoms with Crippen LogP contribution in [0.4, 0.5) is 5.13 Å². The fourth-order valence-electron chi connectivity index (χ4n) is 5.29. The SMILES string of the molecule is O=C(O)CC1CCC(c2ccc(C(=O)Nc3nnc([C@H]4C[C@H](c5ccccc5)C4)s3)cc2)CC1. The number of carboxylic acids is 1. The molecule has 1 aromatic heterocycles. The second-order valence-corrected chi connectivity index (χ2v) is 10.6. The van der Waals surface area contributed by atoms with Crippen LogP contribution in [0.15, 0.2) is 54.6 Å². The van der Waals surface area contributed by atoms with Crippen molar-refractivity contribution < 1.29 is 14.7 Å². The van der Waals surface area contributed by atoms with E-state index in [-0.39, 0.29) is 12.3 Å². The van der Waals surface area contributed by atoms with E-state index in [1.165, 1.54) is 22.5 Å². The molecule has 2 aromatic carbocycles. The van der Waals surface area contributed by atoms with Crippen LogP contribution in [-0.2, 0) is 4.79 Å². The highest BCUT2D eigenvalue weighted by Gasteiger charge is 2.34. The van der Waals surface area contributed by atoms with E-state index in [1.807, 2.05) is 30.3 Å². The fraction of sp³-hybridized carbons (Fsp3) is 0.407. The first-order chi connectivity index (χ1) is 16.5. The van der Waals surface area contributed by atoms with Crippen LogP contribution in [0.1, 0.15) is 89.2 Å². The average Bonchev–Trinajstić information content (AvgIpc) is 3.27. The van der Waals surface area contributed by atoms with Crippen molar-refractivity contribution in [2.75, 3.05) is 5.32 Å². The van der Waals surface area contributed by atoms with Crippen LogP contribution in [-0.4, -0.2) is 27.2 Å². The van der Waals surface area contributed by atoms with Crippen molar-refractivity contribution in [3.05, 3.63) is 76.3 Å². The maximum Gasteiger partial charge on any atom is 0.303 e. The highest BCUT2D eigenvalue weighted by Crippen LogP contribution is 2.48. The van der Waals surface area contributed by atoms with Crippen molar-refractivity contribution in [3.8, 4) is 0 Å². The molecule has 0 spiro atoms. The minimum absolute atomic E-state index is 0.171. The summed E-state index contributed by atoms with van der Waals surface area (Å²) in [4.78, 5) is 23.6. The molecular weight excluding hydrogens is 446 g/mol. The maximum absolute atomic E-state index is 12.7. The Labute approximate surface area is 203 Å². The second kappa shape index (κ2) is 10.1. The molecule has 34 heavy (non-hydrogen) atoms. The molecule has 6 nitrogen and oxygen atoms in total. The zero-order chi connectivity index (χ0) is 23.5. The summed E-state index contributed by atoms with van der Waals surface area (Å²) in [6.45, 7) is 0. The van der Waals surface area contributed by atoms with Gasteiger partial charge in [-0.05, 0) is 79.5 Å². The van der Waals surface area contributed by atoms with Gasteiger partial charge in [-0.15, -0.1) is 10.2 Å². The van der Waals surface area contributed by atoms with E-state index in [1.54, 1.807) is 0 Å². The van der Waals surface area contributed by atoms with Gasteiger partial charge in [0.1, 0.15) is 5.01 Å². The third-order valence-electron chi connectivity index (χ3n) is 7.37. The van der Waals surface area contributed by atoms with Crippen LogP contribution in [0.2, 0.25) is 0 Å². The molecule has 0 radical (unpaired) electrons. The number of nitrogens with zero attached hydrogens (tertiary/aromatic N) is 2. The quantitative estimate of drug-likeness (QED) is 0.424. The van der Waals surface area contributed by atoms with Crippen molar-refractivity contribution in [2.24, 2.45) is 5.92 Å². The summed E-state index contributed by atoms with van der Waals surface area (Å²) in [5.74, 6) is 0.854. The number of carbonyl (C=O) groups is 2. The van der Waals surface area contributed by atoms with Gasteiger partial charge in [-0.3, -0.25) is 14.9 Å². The highest BCUT2D eigenvalue weighted by atomic mass is 32.1. The molecule has 0 bridgehead atoms. The number of aliphatic carboxylic acids is 1. The molecular formula is C27H29N3O3S. The molecule has 2 N–H and O–H groups in total. The van der Waals surface area contributed by atoms with E-state index < -0.39 is 5.97 Å². The number of nitrogens with one attached hydrogen (secondary N) is 1. The Morgan fingerprint density at radius 1 is 0.853 bits per heavy atom. The Hall–Kier alpha value is -3.06. The number of carboxylic acid groups (broad SMARTS) is 1. The van der Waals surface area contributed by atoms with Gasteiger partial charge in [0.15, 0.2) is 0 Å². The predicted octanol–water partition coefficient (Wildman–Crippen LogP) is 6.20. The molecule has 7 heteroatoms. The Bertz CT molecular complexity index is 1130. The van der Waals surface area contributed by atoms with Crippen molar-refractivity contribution in [1.29, 1.82) is 0 Å². The fourth-order valence-corrected chi connectivity index (χ4v) is 6.15. The van der Waals surface area contributed by atoms with E-state index >= 15 is 0 Å². The molecule has 3 aromatic rings. The van der Waals surface area contributed by atoms with Gasteiger partial charge in [-0.2, -0.15) is 0 Å². The van der Waals surface area contributed by atoms with Crippen molar-refractivity contribution >= 4 is 28.3 Å². The van der Waals surface area contributed by atoms with Crippen LogP contribution in [0.3, 0.4) is 0 Å². The van der Waals surface area contributed by atoms with Gasteiger partial charge >= 0.3 is 5.97 Å². The van der Waals surface area contributed by atoms with Crippen molar-refractivity contribution in [3.63, 3.8) is 0 Å². The van der Waals surface area contributed by atoms with E-state index in [0.29, 0.717) is 34.4 Å². The molecule has 0 aliphatic heterocycles. The van der Waals surface area contributed by atoms with Gasteiger partial charge in [0.2, 0.25) is 5.13 Å². The third kappa shape index (κ3) is 5.20. The number of anilines is 1. The van der Waals surface area contributed by atoms with E-state index in [2.05, 4.69) is 39.8 Å². The zero-order valence-corrected chi connectivity index (χ0v) is 19.8. The lowest BCUT2D eigenvalue weighted by atomic mass is 9.72. The van der Waals surface area contributed by atoms with Gasteiger partial charge in [0.05, 0.1) is 0 Å². The number of hydrogen-bond acceptors (Lipinski definition) is 5. The largest absolute Gasteiger partial charge is 0.481 e. The first-order valence-corrected chi connectivity index (χ1v) is 12.9. The topological polar surface area (TPSA) is 92.2 Å². The average molecular weight is 476 g/mol. The van der Waals surface area contributed by atoms with Gasteiger partial charge in [-0.25, -0.2) is 0 Å². The Morgan fingerprint density at radius 3 is 2.21 bits per heavy atom. The number of benzene rings is 2.